The SMILES string of the molecule is CCNC(=O)[C@H](CC)N(Cc1ccc(F)cc1)C(=O)CN(c1ccc(OCC)cc1)S(=O)(=O)c1ccc(C)cc1. The van der Waals surface area contributed by atoms with Crippen LogP contribution < -0.4 is 14.4 Å². The van der Waals surface area contributed by atoms with Crippen molar-refractivity contribution in [3.05, 3.63) is 89.7 Å². The second-order valence-corrected chi connectivity index (χ2v) is 11.1. The van der Waals surface area contributed by atoms with Gasteiger partial charge in [0.05, 0.1) is 17.2 Å². The summed E-state index contributed by atoms with van der Waals surface area (Å²) in [6.07, 6.45) is 0.298. The van der Waals surface area contributed by atoms with E-state index in [1.807, 2.05) is 13.8 Å². The molecule has 0 aliphatic rings. The average molecular weight is 570 g/mol. The third-order valence-corrected chi connectivity index (χ3v) is 8.11. The normalized spacial score (nSPS) is 11.9. The molecule has 3 aromatic rings. The molecule has 214 valence electrons. The Bertz CT molecular complexity index is 1380. The van der Waals surface area contributed by atoms with Crippen molar-refractivity contribution < 1.29 is 27.1 Å². The highest BCUT2D eigenvalue weighted by atomic mass is 32.2. The Balaban J connectivity index is 2.05. The van der Waals surface area contributed by atoms with Crippen molar-refractivity contribution in [1.82, 2.24) is 10.2 Å². The molecule has 3 aromatic carbocycles. The third-order valence-electron chi connectivity index (χ3n) is 6.33. The van der Waals surface area contributed by atoms with E-state index in [4.69, 9.17) is 4.74 Å². The highest BCUT2D eigenvalue weighted by molar-refractivity contribution is 7.92. The summed E-state index contributed by atoms with van der Waals surface area (Å²) in [6.45, 7) is 7.50. The van der Waals surface area contributed by atoms with Crippen molar-refractivity contribution in [2.24, 2.45) is 0 Å². The standard InChI is InChI=1S/C30H36FN3O5S/c1-5-28(30(36)32-6-2)33(20-23-10-12-24(31)13-11-23)29(35)21-34(25-14-16-26(17-15-25)39-7-3)40(37,38)27-18-8-22(4)9-19-27/h8-19,28H,5-7,20-21H2,1-4H3,(H,32,36)/t28-/m0/s1. The summed E-state index contributed by atoms with van der Waals surface area (Å²) in [7, 11) is -4.17. The molecule has 0 aliphatic heterocycles. The van der Waals surface area contributed by atoms with E-state index >= 15 is 0 Å². The maximum atomic E-state index is 13.9. The number of hydrogen-bond acceptors (Lipinski definition) is 5. The molecule has 0 heterocycles. The number of aryl methyl sites for hydroxylation is 1. The molecule has 0 saturated heterocycles. The van der Waals surface area contributed by atoms with Gasteiger partial charge < -0.3 is 15.0 Å². The summed E-state index contributed by atoms with van der Waals surface area (Å²) < 4.78 is 47.9. The first-order valence-electron chi connectivity index (χ1n) is 13.2. The lowest BCUT2D eigenvalue weighted by Gasteiger charge is -2.33. The van der Waals surface area contributed by atoms with Crippen molar-refractivity contribution in [3.8, 4) is 5.75 Å². The van der Waals surface area contributed by atoms with E-state index in [0.29, 0.717) is 30.9 Å². The number of ether oxygens (including phenoxy) is 1. The van der Waals surface area contributed by atoms with Crippen molar-refractivity contribution >= 4 is 27.5 Å². The second kappa shape index (κ2) is 13.9. The number of nitrogens with one attached hydrogen (secondary N) is 1. The topological polar surface area (TPSA) is 96.0 Å². The summed E-state index contributed by atoms with van der Waals surface area (Å²) >= 11 is 0. The molecule has 10 heteroatoms. The van der Waals surface area contributed by atoms with E-state index in [9.17, 15) is 22.4 Å². The number of nitrogens with zero attached hydrogens (tertiary/aromatic N) is 2. The number of likely N-dealkylation sites (N-methyl/N-ethyl adjacent to an activating group) is 1. The van der Waals surface area contributed by atoms with Crippen molar-refractivity contribution in [1.29, 1.82) is 0 Å². The number of anilines is 1. The fourth-order valence-electron chi connectivity index (χ4n) is 4.24. The number of amides is 2. The van der Waals surface area contributed by atoms with Crippen LogP contribution >= 0.6 is 0 Å². The summed E-state index contributed by atoms with van der Waals surface area (Å²) in [5, 5.41) is 2.75. The monoisotopic (exact) mass is 569 g/mol. The molecule has 3 rings (SSSR count). The Hall–Kier alpha value is -3.92. The summed E-state index contributed by atoms with van der Waals surface area (Å²) in [5.74, 6) is -0.796. The van der Waals surface area contributed by atoms with E-state index in [-0.39, 0.29) is 23.0 Å². The van der Waals surface area contributed by atoms with Crippen LogP contribution in [0.15, 0.2) is 77.7 Å². The van der Waals surface area contributed by atoms with Gasteiger partial charge in [0.25, 0.3) is 10.0 Å². The molecule has 0 saturated carbocycles. The highest BCUT2D eigenvalue weighted by Gasteiger charge is 2.33. The molecule has 40 heavy (non-hydrogen) atoms. The molecule has 1 atom stereocenters. The molecule has 0 unspecified atom stereocenters. The van der Waals surface area contributed by atoms with E-state index in [0.717, 1.165) is 9.87 Å². The molecule has 8 nitrogen and oxygen atoms in total. The number of hydrogen-bond donors (Lipinski definition) is 1. The van der Waals surface area contributed by atoms with Crippen LogP contribution in [-0.2, 0) is 26.2 Å². The first-order valence-corrected chi connectivity index (χ1v) is 14.7. The van der Waals surface area contributed by atoms with E-state index in [1.54, 1.807) is 50.2 Å². The molecule has 2 amide bonds. The third kappa shape index (κ3) is 7.59. The Kier molecular flexibility index (Phi) is 10.7. The minimum Gasteiger partial charge on any atom is -0.494 e. The largest absolute Gasteiger partial charge is 0.494 e. The Morgan fingerprint density at radius 2 is 1.55 bits per heavy atom. The lowest BCUT2D eigenvalue weighted by Crippen LogP contribution is -2.52. The van der Waals surface area contributed by atoms with Crippen molar-refractivity contribution in [2.45, 2.75) is 51.6 Å². The molecule has 0 bridgehead atoms. The zero-order valence-electron chi connectivity index (χ0n) is 23.3. The lowest BCUT2D eigenvalue weighted by atomic mass is 10.1. The molecule has 0 aliphatic carbocycles. The van der Waals surface area contributed by atoms with Gasteiger partial charge >= 0.3 is 0 Å². The molecule has 0 fully saturated rings. The number of benzene rings is 3. The van der Waals surface area contributed by atoms with E-state index in [1.165, 1.54) is 41.3 Å². The quantitative estimate of drug-likeness (QED) is 0.323. The smallest absolute Gasteiger partial charge is 0.264 e. The fourth-order valence-corrected chi connectivity index (χ4v) is 5.65. The summed E-state index contributed by atoms with van der Waals surface area (Å²) in [4.78, 5) is 28.3. The zero-order chi connectivity index (χ0) is 29.3. The van der Waals surface area contributed by atoms with Gasteiger partial charge in [-0.25, -0.2) is 12.8 Å². The van der Waals surface area contributed by atoms with Crippen LogP contribution in [0.4, 0.5) is 10.1 Å². The van der Waals surface area contributed by atoms with Crippen LogP contribution in [0.1, 0.15) is 38.3 Å². The minimum absolute atomic E-state index is 0.00352. The van der Waals surface area contributed by atoms with Crippen LogP contribution in [0.3, 0.4) is 0 Å². The summed E-state index contributed by atoms with van der Waals surface area (Å²) in [5.41, 5.74) is 1.76. The number of halogens is 1. The van der Waals surface area contributed by atoms with Crippen LogP contribution in [0, 0.1) is 12.7 Å². The van der Waals surface area contributed by atoms with E-state index in [2.05, 4.69) is 5.32 Å². The molecule has 0 radical (unpaired) electrons. The maximum absolute atomic E-state index is 13.9. The summed E-state index contributed by atoms with van der Waals surface area (Å²) in [6, 6.07) is 17.6. The van der Waals surface area contributed by atoms with Gasteiger partial charge in [-0.2, -0.15) is 0 Å². The predicted octanol–water partition coefficient (Wildman–Crippen LogP) is 4.67. The first-order chi connectivity index (χ1) is 19.1. The number of carbonyl (C=O) groups is 2. The first kappa shape index (κ1) is 30.6. The lowest BCUT2D eigenvalue weighted by molar-refractivity contribution is -0.140. The van der Waals surface area contributed by atoms with Gasteiger partial charge in [-0.1, -0.05) is 36.8 Å². The fraction of sp³-hybridized carbons (Fsp3) is 0.333. The van der Waals surface area contributed by atoms with Gasteiger partial charge in [0.15, 0.2) is 0 Å². The molecular formula is C30H36FN3O5S. The van der Waals surface area contributed by atoms with Crippen molar-refractivity contribution in [2.75, 3.05) is 24.0 Å². The van der Waals surface area contributed by atoms with Gasteiger partial charge in [0, 0.05) is 13.1 Å². The number of sulfonamides is 1. The number of carbonyl (C=O) groups excluding carboxylic acids is 2. The zero-order valence-corrected chi connectivity index (χ0v) is 24.1. The highest BCUT2D eigenvalue weighted by Crippen LogP contribution is 2.27. The maximum Gasteiger partial charge on any atom is 0.264 e. The molecule has 0 aromatic heterocycles. The van der Waals surface area contributed by atoms with Gasteiger partial charge in [0.1, 0.15) is 24.2 Å². The van der Waals surface area contributed by atoms with Gasteiger partial charge in [-0.3, -0.25) is 13.9 Å². The van der Waals surface area contributed by atoms with Crippen molar-refractivity contribution in [3.63, 3.8) is 0 Å². The number of rotatable bonds is 13. The van der Waals surface area contributed by atoms with Crippen LogP contribution in [0.5, 0.6) is 5.75 Å². The minimum atomic E-state index is -4.17. The van der Waals surface area contributed by atoms with Crippen LogP contribution in [-0.4, -0.2) is 50.9 Å². The van der Waals surface area contributed by atoms with Crippen LogP contribution in [0.2, 0.25) is 0 Å². The Labute approximate surface area is 235 Å². The molecule has 0 spiro atoms. The molecule has 1 N–H and O–H groups in total. The van der Waals surface area contributed by atoms with Gasteiger partial charge in [0.2, 0.25) is 11.8 Å². The van der Waals surface area contributed by atoms with Crippen LogP contribution in [0.25, 0.3) is 0 Å². The van der Waals surface area contributed by atoms with E-state index < -0.39 is 34.3 Å². The predicted molar refractivity (Wildman–Crippen MR) is 153 cm³/mol. The average Bonchev–Trinajstić information content (AvgIpc) is 2.93. The molecular weight excluding hydrogens is 533 g/mol. The van der Waals surface area contributed by atoms with Gasteiger partial charge in [-0.05, 0) is 81.3 Å². The second-order valence-electron chi connectivity index (χ2n) is 9.22. The van der Waals surface area contributed by atoms with Gasteiger partial charge in [-0.15, -0.1) is 0 Å². The Morgan fingerprint density at radius 3 is 2.10 bits per heavy atom. The Morgan fingerprint density at radius 1 is 0.925 bits per heavy atom.